The second-order valence-corrected chi connectivity index (χ2v) is 3.50. The fourth-order valence-electron chi connectivity index (χ4n) is 1.18. The molecule has 1 heterocycles. The van der Waals surface area contributed by atoms with Crippen LogP contribution in [0.2, 0.25) is 0 Å². The van der Waals surface area contributed by atoms with Crippen LogP contribution in [0.1, 0.15) is 19.8 Å². The minimum absolute atomic E-state index is 0.113. The molecule has 0 aromatic carbocycles. The van der Waals surface area contributed by atoms with E-state index in [1.54, 1.807) is 0 Å². The van der Waals surface area contributed by atoms with Gasteiger partial charge in [-0.25, -0.2) is 0 Å². The maximum atomic E-state index is 11.3. The molecule has 1 aliphatic heterocycles. The topological polar surface area (TPSA) is 61.4 Å². The van der Waals surface area contributed by atoms with Crippen molar-refractivity contribution in [2.75, 3.05) is 19.6 Å². The van der Waals surface area contributed by atoms with Crippen LogP contribution in [0.25, 0.3) is 0 Å². The molecule has 1 saturated heterocycles. The van der Waals surface area contributed by atoms with Gasteiger partial charge in [-0.3, -0.25) is 4.79 Å². The molecule has 0 spiro atoms. The number of carbonyl (C=O) groups is 1. The van der Waals surface area contributed by atoms with E-state index in [0.717, 1.165) is 19.5 Å². The summed E-state index contributed by atoms with van der Waals surface area (Å²) in [5.41, 5.74) is 0. The van der Waals surface area contributed by atoms with Crippen molar-refractivity contribution in [1.29, 1.82) is 0 Å². The monoisotopic (exact) mass is 186 g/mol. The van der Waals surface area contributed by atoms with E-state index < -0.39 is 0 Å². The first-order valence-corrected chi connectivity index (χ1v) is 4.90. The summed E-state index contributed by atoms with van der Waals surface area (Å²) in [6, 6.07) is 0. The number of carbonyl (C=O) groups excluding carboxylic acids is 1. The standard InChI is InChI=1S/C9H18N2O2/c1-2-8(12)3-4-11-9(13)7-5-10-6-7/h7-8,10,12H,2-6H2,1H3,(H,11,13). The van der Waals surface area contributed by atoms with E-state index in [1.165, 1.54) is 0 Å². The molecule has 0 aromatic rings. The molecule has 0 aromatic heterocycles. The first-order valence-electron chi connectivity index (χ1n) is 4.90. The summed E-state index contributed by atoms with van der Waals surface area (Å²) in [5.74, 6) is 0.265. The third kappa shape index (κ3) is 3.32. The molecular formula is C9H18N2O2. The predicted octanol–water partition coefficient (Wildman–Crippen LogP) is -0.517. The Hall–Kier alpha value is -0.610. The van der Waals surface area contributed by atoms with Gasteiger partial charge in [-0.05, 0) is 12.8 Å². The first kappa shape index (κ1) is 10.5. The minimum atomic E-state index is -0.278. The smallest absolute Gasteiger partial charge is 0.225 e. The molecule has 0 aliphatic carbocycles. The molecule has 3 N–H and O–H groups in total. The van der Waals surface area contributed by atoms with Gasteiger partial charge in [-0.2, -0.15) is 0 Å². The van der Waals surface area contributed by atoms with Gasteiger partial charge in [-0.15, -0.1) is 0 Å². The van der Waals surface area contributed by atoms with Crippen molar-refractivity contribution in [3.05, 3.63) is 0 Å². The third-order valence-electron chi connectivity index (χ3n) is 2.40. The van der Waals surface area contributed by atoms with E-state index in [-0.39, 0.29) is 17.9 Å². The minimum Gasteiger partial charge on any atom is -0.393 e. The number of hydrogen-bond acceptors (Lipinski definition) is 3. The zero-order valence-electron chi connectivity index (χ0n) is 8.05. The fraction of sp³-hybridized carbons (Fsp3) is 0.889. The highest BCUT2D eigenvalue weighted by Gasteiger charge is 2.24. The highest BCUT2D eigenvalue weighted by molar-refractivity contribution is 5.79. The third-order valence-corrected chi connectivity index (χ3v) is 2.40. The number of nitrogens with one attached hydrogen (secondary N) is 2. The van der Waals surface area contributed by atoms with Gasteiger partial charge in [-0.1, -0.05) is 6.92 Å². The Morgan fingerprint density at radius 3 is 2.85 bits per heavy atom. The lowest BCUT2D eigenvalue weighted by atomic mass is 10.0. The van der Waals surface area contributed by atoms with E-state index in [4.69, 9.17) is 0 Å². The molecule has 1 fully saturated rings. The molecule has 1 atom stereocenters. The average molecular weight is 186 g/mol. The normalized spacial score (nSPS) is 19.2. The molecule has 4 heteroatoms. The fourth-order valence-corrected chi connectivity index (χ4v) is 1.18. The lowest BCUT2D eigenvalue weighted by molar-refractivity contribution is -0.126. The molecule has 4 nitrogen and oxygen atoms in total. The van der Waals surface area contributed by atoms with E-state index in [9.17, 15) is 9.90 Å². The van der Waals surface area contributed by atoms with Crippen LogP contribution < -0.4 is 10.6 Å². The number of aliphatic hydroxyl groups excluding tert-OH is 1. The van der Waals surface area contributed by atoms with Gasteiger partial charge in [0.25, 0.3) is 0 Å². The summed E-state index contributed by atoms with van der Waals surface area (Å²) in [4.78, 5) is 11.3. The van der Waals surface area contributed by atoms with Crippen molar-refractivity contribution >= 4 is 5.91 Å². The van der Waals surface area contributed by atoms with Crippen molar-refractivity contribution in [1.82, 2.24) is 10.6 Å². The second-order valence-electron chi connectivity index (χ2n) is 3.50. The van der Waals surface area contributed by atoms with Crippen LogP contribution in [0, 0.1) is 5.92 Å². The second kappa shape index (κ2) is 5.19. The largest absolute Gasteiger partial charge is 0.393 e. The van der Waals surface area contributed by atoms with Crippen molar-refractivity contribution in [2.24, 2.45) is 5.92 Å². The molecule has 1 aliphatic rings. The number of hydrogen-bond donors (Lipinski definition) is 3. The predicted molar refractivity (Wildman–Crippen MR) is 50.3 cm³/mol. The summed E-state index contributed by atoms with van der Waals surface area (Å²) >= 11 is 0. The summed E-state index contributed by atoms with van der Waals surface area (Å²) in [7, 11) is 0. The number of aliphatic hydroxyl groups is 1. The lowest BCUT2D eigenvalue weighted by Gasteiger charge is -2.25. The molecule has 13 heavy (non-hydrogen) atoms. The summed E-state index contributed by atoms with van der Waals surface area (Å²) in [5, 5.41) is 15.1. The van der Waals surface area contributed by atoms with Crippen LogP contribution >= 0.6 is 0 Å². The Bertz CT molecular complexity index is 169. The van der Waals surface area contributed by atoms with Gasteiger partial charge in [0, 0.05) is 19.6 Å². The van der Waals surface area contributed by atoms with Crippen molar-refractivity contribution < 1.29 is 9.90 Å². The first-order chi connectivity index (χ1) is 6.24. The summed E-state index contributed by atoms with van der Waals surface area (Å²) in [6.07, 6.45) is 1.13. The van der Waals surface area contributed by atoms with E-state index >= 15 is 0 Å². The lowest BCUT2D eigenvalue weighted by Crippen LogP contribution is -2.51. The maximum Gasteiger partial charge on any atom is 0.225 e. The van der Waals surface area contributed by atoms with Crippen LogP contribution in [0.4, 0.5) is 0 Å². The van der Waals surface area contributed by atoms with E-state index in [2.05, 4.69) is 10.6 Å². The van der Waals surface area contributed by atoms with E-state index in [1.807, 2.05) is 6.92 Å². The quantitative estimate of drug-likeness (QED) is 0.541. The van der Waals surface area contributed by atoms with Gasteiger partial charge in [0.2, 0.25) is 5.91 Å². The maximum absolute atomic E-state index is 11.3. The Morgan fingerprint density at radius 2 is 2.38 bits per heavy atom. The highest BCUT2D eigenvalue weighted by Crippen LogP contribution is 2.02. The van der Waals surface area contributed by atoms with Gasteiger partial charge in [0.15, 0.2) is 0 Å². The Labute approximate surface area is 78.7 Å². The van der Waals surface area contributed by atoms with Crippen LogP contribution in [0.3, 0.4) is 0 Å². The molecule has 0 radical (unpaired) electrons. The summed E-state index contributed by atoms with van der Waals surface area (Å²) in [6.45, 7) is 4.11. The SMILES string of the molecule is CCC(O)CCNC(=O)C1CNC1. The molecule has 1 rings (SSSR count). The van der Waals surface area contributed by atoms with Gasteiger partial charge in [0.1, 0.15) is 0 Å². The van der Waals surface area contributed by atoms with Crippen LogP contribution in [-0.2, 0) is 4.79 Å². The molecule has 1 unspecified atom stereocenters. The average Bonchev–Trinajstić information content (AvgIpc) is 2.01. The zero-order chi connectivity index (χ0) is 9.68. The van der Waals surface area contributed by atoms with Crippen molar-refractivity contribution in [2.45, 2.75) is 25.9 Å². The Kier molecular flexibility index (Phi) is 4.18. The van der Waals surface area contributed by atoms with Crippen LogP contribution in [-0.4, -0.2) is 36.8 Å². The molecule has 0 bridgehead atoms. The molecule has 0 saturated carbocycles. The molecular weight excluding hydrogens is 168 g/mol. The Morgan fingerprint density at radius 1 is 1.69 bits per heavy atom. The molecule has 1 amide bonds. The highest BCUT2D eigenvalue weighted by atomic mass is 16.3. The van der Waals surface area contributed by atoms with E-state index in [0.29, 0.717) is 13.0 Å². The van der Waals surface area contributed by atoms with Crippen molar-refractivity contribution in [3.8, 4) is 0 Å². The van der Waals surface area contributed by atoms with Gasteiger partial charge < -0.3 is 15.7 Å². The van der Waals surface area contributed by atoms with Crippen LogP contribution in [0.15, 0.2) is 0 Å². The molecule has 76 valence electrons. The van der Waals surface area contributed by atoms with Gasteiger partial charge >= 0.3 is 0 Å². The van der Waals surface area contributed by atoms with Gasteiger partial charge in [0.05, 0.1) is 12.0 Å². The van der Waals surface area contributed by atoms with Crippen molar-refractivity contribution in [3.63, 3.8) is 0 Å². The Balaban J connectivity index is 2.01. The summed E-state index contributed by atoms with van der Waals surface area (Å²) < 4.78 is 0. The number of amides is 1. The zero-order valence-corrected chi connectivity index (χ0v) is 8.05. The van der Waals surface area contributed by atoms with Crippen LogP contribution in [0.5, 0.6) is 0 Å². The number of rotatable bonds is 5.